The van der Waals surface area contributed by atoms with E-state index in [1.807, 2.05) is 12.1 Å². The van der Waals surface area contributed by atoms with Crippen LogP contribution in [0.4, 0.5) is 4.39 Å². The lowest BCUT2D eigenvalue weighted by Gasteiger charge is -2.18. The Balaban J connectivity index is 1.83. The van der Waals surface area contributed by atoms with Gasteiger partial charge in [0.25, 0.3) is 0 Å². The van der Waals surface area contributed by atoms with Gasteiger partial charge in [-0.1, -0.05) is 57.2 Å². The summed E-state index contributed by atoms with van der Waals surface area (Å²) in [4.78, 5) is 4.49. The van der Waals surface area contributed by atoms with Gasteiger partial charge in [0.15, 0.2) is 5.82 Å². The summed E-state index contributed by atoms with van der Waals surface area (Å²) in [5.41, 5.74) is 9.25. The molecule has 0 saturated heterocycles. The molecule has 0 aliphatic carbocycles. The Bertz CT molecular complexity index is 814. The average molecular weight is 324 g/mol. The number of nitrogens with zero attached hydrogens (tertiary/aromatic N) is 2. The van der Waals surface area contributed by atoms with E-state index in [0.717, 1.165) is 11.1 Å². The van der Waals surface area contributed by atoms with Crippen molar-refractivity contribution in [3.05, 3.63) is 71.3 Å². The fourth-order valence-corrected chi connectivity index (χ4v) is 2.49. The van der Waals surface area contributed by atoms with Crippen LogP contribution in [0.15, 0.2) is 48.5 Å². The molecule has 124 valence electrons. The van der Waals surface area contributed by atoms with Crippen molar-refractivity contribution in [2.75, 3.05) is 0 Å². The molecular formula is C19H21FN4. The van der Waals surface area contributed by atoms with Gasteiger partial charge in [-0.3, -0.25) is 5.10 Å². The lowest BCUT2D eigenvalue weighted by atomic mass is 9.87. The predicted molar refractivity (Wildman–Crippen MR) is 92.9 cm³/mol. The minimum atomic E-state index is -0.472. The Morgan fingerprint density at radius 3 is 2.21 bits per heavy atom. The summed E-state index contributed by atoms with van der Waals surface area (Å²) in [6.45, 7) is 6.53. The molecule has 3 N–H and O–H groups in total. The quantitative estimate of drug-likeness (QED) is 0.766. The highest BCUT2D eigenvalue weighted by Gasteiger charge is 2.16. The molecule has 0 radical (unpaired) electrons. The molecule has 0 aliphatic heterocycles. The number of aromatic amines is 1. The highest BCUT2D eigenvalue weighted by atomic mass is 19.1. The van der Waals surface area contributed by atoms with Crippen molar-refractivity contribution in [3.63, 3.8) is 0 Å². The van der Waals surface area contributed by atoms with E-state index in [1.165, 1.54) is 17.7 Å². The second-order valence-corrected chi connectivity index (χ2v) is 6.90. The first-order valence-corrected chi connectivity index (χ1v) is 7.89. The molecule has 3 aromatic rings. The van der Waals surface area contributed by atoms with Crippen LogP contribution in [-0.2, 0) is 5.41 Å². The molecule has 1 aromatic heterocycles. The molecular weight excluding hydrogens is 303 g/mol. The van der Waals surface area contributed by atoms with Crippen molar-refractivity contribution in [2.24, 2.45) is 5.73 Å². The molecule has 24 heavy (non-hydrogen) atoms. The Hall–Kier alpha value is -2.53. The number of benzene rings is 2. The van der Waals surface area contributed by atoms with Crippen LogP contribution in [0.1, 0.15) is 43.8 Å². The summed E-state index contributed by atoms with van der Waals surface area (Å²) in [5, 5.41) is 7.13. The fourth-order valence-electron chi connectivity index (χ4n) is 2.49. The number of nitrogens with two attached hydrogens (primary N) is 1. The van der Waals surface area contributed by atoms with Crippen LogP contribution in [0.2, 0.25) is 0 Å². The standard InChI is InChI=1S/C19H21FN4/c1-19(2,3)14-8-4-13(5-9-14)17-22-18(24-23-17)16(21)12-6-10-15(20)11-7-12/h4-11,16H,21H2,1-3H3,(H,22,23,24). The molecule has 1 heterocycles. The zero-order valence-corrected chi connectivity index (χ0v) is 14.0. The minimum Gasteiger partial charge on any atom is -0.318 e. The van der Waals surface area contributed by atoms with E-state index >= 15 is 0 Å². The van der Waals surface area contributed by atoms with Gasteiger partial charge >= 0.3 is 0 Å². The lowest BCUT2D eigenvalue weighted by Crippen LogP contribution is -2.13. The predicted octanol–water partition coefficient (Wildman–Crippen LogP) is 3.96. The van der Waals surface area contributed by atoms with Gasteiger partial charge in [-0.25, -0.2) is 9.37 Å². The number of nitrogens with one attached hydrogen (secondary N) is 1. The third kappa shape index (κ3) is 3.36. The van der Waals surface area contributed by atoms with Gasteiger partial charge in [0.05, 0.1) is 6.04 Å². The maximum absolute atomic E-state index is 13.0. The lowest BCUT2D eigenvalue weighted by molar-refractivity contribution is 0.590. The summed E-state index contributed by atoms with van der Waals surface area (Å²) in [5.74, 6) is 0.864. The Morgan fingerprint density at radius 1 is 1.00 bits per heavy atom. The molecule has 0 aliphatic rings. The van der Waals surface area contributed by atoms with Crippen molar-refractivity contribution in [2.45, 2.75) is 32.2 Å². The van der Waals surface area contributed by atoms with E-state index in [1.54, 1.807) is 12.1 Å². The van der Waals surface area contributed by atoms with Crippen LogP contribution >= 0.6 is 0 Å². The molecule has 0 fully saturated rings. The summed E-state index contributed by atoms with van der Waals surface area (Å²) < 4.78 is 13.0. The maximum atomic E-state index is 13.0. The maximum Gasteiger partial charge on any atom is 0.181 e. The molecule has 1 atom stereocenters. The van der Waals surface area contributed by atoms with Crippen molar-refractivity contribution < 1.29 is 4.39 Å². The number of hydrogen-bond acceptors (Lipinski definition) is 3. The molecule has 0 spiro atoms. The van der Waals surface area contributed by atoms with Gasteiger partial charge in [0, 0.05) is 5.56 Å². The van der Waals surface area contributed by atoms with Crippen LogP contribution in [0, 0.1) is 5.82 Å². The van der Waals surface area contributed by atoms with E-state index in [9.17, 15) is 4.39 Å². The van der Waals surface area contributed by atoms with Gasteiger partial charge in [-0.15, -0.1) is 0 Å². The van der Waals surface area contributed by atoms with E-state index < -0.39 is 6.04 Å². The smallest absolute Gasteiger partial charge is 0.181 e. The number of aromatic nitrogens is 3. The number of hydrogen-bond donors (Lipinski definition) is 2. The Morgan fingerprint density at radius 2 is 1.62 bits per heavy atom. The van der Waals surface area contributed by atoms with Gasteiger partial charge in [-0.05, 0) is 28.7 Å². The van der Waals surface area contributed by atoms with Crippen molar-refractivity contribution in [3.8, 4) is 11.4 Å². The third-order valence-electron chi connectivity index (χ3n) is 4.04. The first kappa shape index (κ1) is 16.3. The van der Waals surface area contributed by atoms with Crippen molar-refractivity contribution in [1.82, 2.24) is 15.2 Å². The molecule has 5 heteroatoms. The summed E-state index contributed by atoms with van der Waals surface area (Å²) in [7, 11) is 0. The Kier molecular flexibility index (Phi) is 4.20. The average Bonchev–Trinajstić information content (AvgIpc) is 3.04. The van der Waals surface area contributed by atoms with Gasteiger partial charge < -0.3 is 5.73 Å². The zero-order valence-electron chi connectivity index (χ0n) is 14.0. The van der Waals surface area contributed by atoms with E-state index in [0.29, 0.717) is 11.6 Å². The minimum absolute atomic E-state index is 0.105. The topological polar surface area (TPSA) is 67.6 Å². The molecule has 2 aromatic carbocycles. The second kappa shape index (κ2) is 6.17. The third-order valence-corrected chi connectivity index (χ3v) is 4.04. The van der Waals surface area contributed by atoms with Crippen LogP contribution in [0.5, 0.6) is 0 Å². The molecule has 3 rings (SSSR count). The highest BCUT2D eigenvalue weighted by Crippen LogP contribution is 2.25. The van der Waals surface area contributed by atoms with Crippen LogP contribution in [0.3, 0.4) is 0 Å². The van der Waals surface area contributed by atoms with Gasteiger partial charge in [0.1, 0.15) is 11.6 Å². The Labute approximate surface area is 140 Å². The highest BCUT2D eigenvalue weighted by molar-refractivity contribution is 5.55. The van der Waals surface area contributed by atoms with Crippen LogP contribution in [0.25, 0.3) is 11.4 Å². The fraction of sp³-hybridized carbons (Fsp3) is 0.263. The van der Waals surface area contributed by atoms with E-state index in [4.69, 9.17) is 5.73 Å². The first-order valence-electron chi connectivity index (χ1n) is 7.89. The molecule has 0 bridgehead atoms. The van der Waals surface area contributed by atoms with Crippen molar-refractivity contribution in [1.29, 1.82) is 0 Å². The zero-order chi connectivity index (χ0) is 17.3. The van der Waals surface area contributed by atoms with Crippen molar-refractivity contribution >= 4 is 0 Å². The number of rotatable bonds is 3. The van der Waals surface area contributed by atoms with E-state index in [-0.39, 0.29) is 11.2 Å². The molecule has 0 amide bonds. The number of H-pyrrole nitrogens is 1. The molecule has 1 unspecified atom stereocenters. The van der Waals surface area contributed by atoms with Gasteiger partial charge in [-0.2, -0.15) is 5.10 Å². The monoisotopic (exact) mass is 324 g/mol. The second-order valence-electron chi connectivity index (χ2n) is 6.90. The first-order chi connectivity index (χ1) is 11.3. The summed E-state index contributed by atoms with van der Waals surface area (Å²) in [6, 6.07) is 13.8. The molecule has 4 nitrogen and oxygen atoms in total. The normalized spacial score (nSPS) is 13.0. The number of halogens is 1. The summed E-state index contributed by atoms with van der Waals surface area (Å²) >= 11 is 0. The molecule has 0 saturated carbocycles. The largest absolute Gasteiger partial charge is 0.318 e. The summed E-state index contributed by atoms with van der Waals surface area (Å²) in [6.07, 6.45) is 0. The van der Waals surface area contributed by atoms with Crippen LogP contribution in [-0.4, -0.2) is 15.2 Å². The van der Waals surface area contributed by atoms with Gasteiger partial charge in [0.2, 0.25) is 0 Å². The van der Waals surface area contributed by atoms with E-state index in [2.05, 4.69) is 48.1 Å². The van der Waals surface area contributed by atoms with Crippen LogP contribution < -0.4 is 5.73 Å². The SMILES string of the molecule is CC(C)(C)c1ccc(-c2n[nH]c(C(N)c3ccc(F)cc3)n2)cc1.